The number of para-hydroxylation sites is 2. The van der Waals surface area contributed by atoms with E-state index in [1.807, 2.05) is 25.2 Å². The Morgan fingerprint density at radius 3 is 2.59 bits per heavy atom. The SMILES string of the molecule is CN=C(NCC1CCN(c2ccccc2OC)C1)N1CCC(COCc2ccccc2)C1. The van der Waals surface area contributed by atoms with Gasteiger partial charge in [0.15, 0.2) is 5.96 Å². The molecule has 2 aliphatic heterocycles. The number of hydrogen-bond donors (Lipinski definition) is 1. The van der Waals surface area contributed by atoms with Gasteiger partial charge in [-0.1, -0.05) is 42.5 Å². The van der Waals surface area contributed by atoms with E-state index in [1.165, 1.54) is 17.7 Å². The van der Waals surface area contributed by atoms with Crippen LogP contribution in [0.4, 0.5) is 5.69 Å². The number of guanidine groups is 1. The van der Waals surface area contributed by atoms with Gasteiger partial charge in [0.05, 0.1) is 26.0 Å². The molecule has 0 aliphatic carbocycles. The van der Waals surface area contributed by atoms with Gasteiger partial charge in [0, 0.05) is 45.7 Å². The summed E-state index contributed by atoms with van der Waals surface area (Å²) in [6, 6.07) is 18.7. The molecule has 4 rings (SSSR count). The molecule has 1 N–H and O–H groups in total. The Morgan fingerprint density at radius 2 is 1.78 bits per heavy atom. The third kappa shape index (κ3) is 5.74. The number of likely N-dealkylation sites (tertiary alicyclic amines) is 1. The van der Waals surface area contributed by atoms with Gasteiger partial charge in [0.25, 0.3) is 0 Å². The quantitative estimate of drug-likeness (QED) is 0.506. The van der Waals surface area contributed by atoms with Crippen molar-refractivity contribution in [3.8, 4) is 5.75 Å². The lowest BCUT2D eigenvalue weighted by Crippen LogP contribution is -2.42. The average Bonchev–Trinajstić information content (AvgIpc) is 3.50. The largest absolute Gasteiger partial charge is 0.495 e. The van der Waals surface area contributed by atoms with Crippen LogP contribution in [0.3, 0.4) is 0 Å². The van der Waals surface area contributed by atoms with Crippen molar-refractivity contribution in [2.45, 2.75) is 19.4 Å². The van der Waals surface area contributed by atoms with Gasteiger partial charge >= 0.3 is 0 Å². The van der Waals surface area contributed by atoms with Crippen molar-refractivity contribution in [3.63, 3.8) is 0 Å². The van der Waals surface area contributed by atoms with Crippen molar-refractivity contribution in [2.75, 3.05) is 58.4 Å². The zero-order valence-corrected chi connectivity index (χ0v) is 19.4. The highest BCUT2D eigenvalue weighted by atomic mass is 16.5. The smallest absolute Gasteiger partial charge is 0.193 e. The van der Waals surface area contributed by atoms with Gasteiger partial charge in [0.2, 0.25) is 0 Å². The fraction of sp³-hybridized carbons (Fsp3) is 0.500. The summed E-state index contributed by atoms with van der Waals surface area (Å²) in [6.45, 7) is 6.59. The van der Waals surface area contributed by atoms with Gasteiger partial charge in [0.1, 0.15) is 5.75 Å². The molecule has 2 atom stereocenters. The maximum Gasteiger partial charge on any atom is 0.193 e. The van der Waals surface area contributed by atoms with Crippen molar-refractivity contribution in [1.29, 1.82) is 0 Å². The van der Waals surface area contributed by atoms with E-state index in [2.05, 4.69) is 56.5 Å². The number of nitrogens with zero attached hydrogens (tertiary/aromatic N) is 3. The monoisotopic (exact) mass is 436 g/mol. The number of nitrogens with one attached hydrogen (secondary N) is 1. The Labute approximate surface area is 192 Å². The Hall–Kier alpha value is -2.73. The first-order chi connectivity index (χ1) is 15.8. The zero-order chi connectivity index (χ0) is 22.2. The van der Waals surface area contributed by atoms with E-state index in [-0.39, 0.29) is 0 Å². The number of anilines is 1. The van der Waals surface area contributed by atoms with E-state index in [1.54, 1.807) is 7.11 Å². The Morgan fingerprint density at radius 1 is 1.00 bits per heavy atom. The van der Waals surface area contributed by atoms with Crippen LogP contribution < -0.4 is 15.0 Å². The summed E-state index contributed by atoms with van der Waals surface area (Å²) >= 11 is 0. The molecule has 0 radical (unpaired) electrons. The van der Waals surface area contributed by atoms with E-state index in [0.29, 0.717) is 18.4 Å². The molecule has 2 saturated heterocycles. The molecule has 0 saturated carbocycles. The van der Waals surface area contributed by atoms with Crippen LogP contribution in [0.2, 0.25) is 0 Å². The first kappa shape index (κ1) is 22.5. The molecule has 2 unspecified atom stereocenters. The Bertz CT molecular complexity index is 873. The Kier molecular flexibility index (Phi) is 7.88. The minimum absolute atomic E-state index is 0.560. The van der Waals surface area contributed by atoms with Gasteiger partial charge in [-0.2, -0.15) is 0 Å². The van der Waals surface area contributed by atoms with Crippen LogP contribution in [-0.4, -0.2) is 64.3 Å². The molecular weight excluding hydrogens is 400 g/mol. The summed E-state index contributed by atoms with van der Waals surface area (Å²) in [4.78, 5) is 9.37. The molecule has 6 heteroatoms. The summed E-state index contributed by atoms with van der Waals surface area (Å²) < 4.78 is 11.5. The number of benzene rings is 2. The molecule has 172 valence electrons. The minimum atomic E-state index is 0.560. The topological polar surface area (TPSA) is 49.3 Å². The summed E-state index contributed by atoms with van der Waals surface area (Å²) in [5, 5.41) is 3.63. The number of methoxy groups -OCH3 is 1. The predicted octanol–water partition coefficient (Wildman–Crippen LogP) is 3.64. The van der Waals surface area contributed by atoms with Crippen LogP contribution in [0.5, 0.6) is 5.75 Å². The lowest BCUT2D eigenvalue weighted by molar-refractivity contribution is 0.0906. The molecule has 0 spiro atoms. The highest BCUT2D eigenvalue weighted by molar-refractivity contribution is 5.80. The molecule has 0 bridgehead atoms. The lowest BCUT2D eigenvalue weighted by atomic mass is 10.1. The molecule has 2 fully saturated rings. The molecular formula is C26H36N4O2. The highest BCUT2D eigenvalue weighted by Gasteiger charge is 2.27. The molecule has 0 amide bonds. The van der Waals surface area contributed by atoms with Crippen molar-refractivity contribution >= 4 is 11.6 Å². The van der Waals surface area contributed by atoms with Crippen molar-refractivity contribution in [1.82, 2.24) is 10.2 Å². The second-order valence-corrected chi connectivity index (χ2v) is 8.80. The molecule has 0 aromatic heterocycles. The second kappa shape index (κ2) is 11.2. The van der Waals surface area contributed by atoms with Crippen molar-refractivity contribution in [2.24, 2.45) is 16.8 Å². The average molecular weight is 437 g/mol. The summed E-state index contributed by atoms with van der Waals surface area (Å²) in [5.41, 5.74) is 2.43. The molecule has 2 aromatic carbocycles. The normalized spacial score (nSPS) is 21.2. The van der Waals surface area contributed by atoms with E-state index in [4.69, 9.17) is 9.47 Å². The first-order valence-corrected chi connectivity index (χ1v) is 11.7. The number of rotatable bonds is 8. The molecule has 2 heterocycles. The van der Waals surface area contributed by atoms with Crippen molar-refractivity contribution < 1.29 is 9.47 Å². The molecule has 6 nitrogen and oxygen atoms in total. The van der Waals surface area contributed by atoms with E-state index in [9.17, 15) is 0 Å². The third-order valence-corrected chi connectivity index (χ3v) is 6.52. The van der Waals surface area contributed by atoms with E-state index >= 15 is 0 Å². The molecule has 2 aromatic rings. The van der Waals surface area contributed by atoms with Gasteiger partial charge in [-0.3, -0.25) is 4.99 Å². The maximum absolute atomic E-state index is 5.98. The molecule has 32 heavy (non-hydrogen) atoms. The van der Waals surface area contributed by atoms with Crippen LogP contribution >= 0.6 is 0 Å². The summed E-state index contributed by atoms with van der Waals surface area (Å²) in [7, 11) is 3.63. The fourth-order valence-electron chi connectivity index (χ4n) is 4.76. The second-order valence-electron chi connectivity index (χ2n) is 8.80. The Balaban J connectivity index is 1.20. The van der Waals surface area contributed by atoms with Crippen molar-refractivity contribution in [3.05, 3.63) is 60.2 Å². The van der Waals surface area contributed by atoms with Crippen LogP contribution in [-0.2, 0) is 11.3 Å². The minimum Gasteiger partial charge on any atom is -0.495 e. The molecule has 2 aliphatic rings. The summed E-state index contributed by atoms with van der Waals surface area (Å²) in [5.74, 6) is 3.13. The van der Waals surface area contributed by atoms with Crippen LogP contribution in [0.1, 0.15) is 18.4 Å². The standard InChI is InChI=1S/C26H36N4O2/c1-27-26(30-15-13-23(18-30)20-32-19-21-8-4-3-5-9-21)28-16-22-12-14-29(17-22)24-10-6-7-11-25(24)31-2/h3-11,22-23H,12-20H2,1-2H3,(H,27,28). The van der Waals surface area contributed by atoms with Gasteiger partial charge in [-0.15, -0.1) is 0 Å². The maximum atomic E-state index is 5.98. The van der Waals surface area contributed by atoms with Crippen LogP contribution in [0, 0.1) is 11.8 Å². The zero-order valence-electron chi connectivity index (χ0n) is 19.4. The fourth-order valence-corrected chi connectivity index (χ4v) is 4.76. The number of aliphatic imine (C=N–C) groups is 1. The van der Waals surface area contributed by atoms with E-state index in [0.717, 1.165) is 57.5 Å². The lowest BCUT2D eigenvalue weighted by Gasteiger charge is -2.24. The van der Waals surface area contributed by atoms with Crippen LogP contribution in [0.25, 0.3) is 0 Å². The van der Waals surface area contributed by atoms with E-state index < -0.39 is 0 Å². The van der Waals surface area contributed by atoms with Gasteiger partial charge in [-0.25, -0.2) is 0 Å². The third-order valence-electron chi connectivity index (χ3n) is 6.52. The van der Waals surface area contributed by atoms with Crippen LogP contribution in [0.15, 0.2) is 59.6 Å². The highest BCUT2D eigenvalue weighted by Crippen LogP contribution is 2.31. The van der Waals surface area contributed by atoms with Gasteiger partial charge in [-0.05, 0) is 36.5 Å². The predicted molar refractivity (Wildman–Crippen MR) is 130 cm³/mol. The first-order valence-electron chi connectivity index (χ1n) is 11.7. The number of ether oxygens (including phenoxy) is 2. The number of hydrogen-bond acceptors (Lipinski definition) is 4. The summed E-state index contributed by atoms with van der Waals surface area (Å²) in [6.07, 6.45) is 2.33. The van der Waals surface area contributed by atoms with Gasteiger partial charge < -0.3 is 24.6 Å².